The van der Waals surface area contributed by atoms with E-state index in [-0.39, 0.29) is 28.7 Å². The third-order valence-corrected chi connectivity index (χ3v) is 4.61. The van der Waals surface area contributed by atoms with E-state index in [1.165, 1.54) is 18.2 Å². The standard InChI is InChI=1S/C16H18ClFN2O2/c17-13-9-12(18)3-4-14(13)19-15(21)10-5-7-20(8-6-10)16(22)11-1-2-11/h3-4,9-11H,1-2,5-8H2,(H,19,21). The summed E-state index contributed by atoms with van der Waals surface area (Å²) in [5.74, 6) is -0.227. The van der Waals surface area contributed by atoms with Crippen LogP contribution in [0.1, 0.15) is 25.7 Å². The van der Waals surface area contributed by atoms with Gasteiger partial charge in [0.05, 0.1) is 10.7 Å². The zero-order chi connectivity index (χ0) is 15.7. The summed E-state index contributed by atoms with van der Waals surface area (Å²) in [5.41, 5.74) is 0.421. The molecule has 0 spiro atoms. The predicted molar refractivity (Wildman–Crippen MR) is 82.1 cm³/mol. The van der Waals surface area contributed by atoms with Crippen molar-refractivity contribution in [3.05, 3.63) is 29.0 Å². The van der Waals surface area contributed by atoms with Gasteiger partial charge in [-0.25, -0.2) is 4.39 Å². The molecule has 4 nitrogen and oxygen atoms in total. The van der Waals surface area contributed by atoms with Crippen LogP contribution < -0.4 is 5.32 Å². The molecule has 1 aliphatic carbocycles. The Bertz CT molecular complexity index is 596. The highest BCUT2D eigenvalue weighted by molar-refractivity contribution is 6.33. The van der Waals surface area contributed by atoms with Crippen molar-refractivity contribution in [2.45, 2.75) is 25.7 Å². The van der Waals surface area contributed by atoms with E-state index in [0.717, 1.165) is 12.8 Å². The van der Waals surface area contributed by atoms with Gasteiger partial charge in [0, 0.05) is 24.9 Å². The van der Waals surface area contributed by atoms with Gasteiger partial charge >= 0.3 is 0 Å². The van der Waals surface area contributed by atoms with Crippen LogP contribution in [0.3, 0.4) is 0 Å². The van der Waals surface area contributed by atoms with Gasteiger partial charge < -0.3 is 10.2 Å². The Morgan fingerprint density at radius 1 is 1.14 bits per heavy atom. The Hall–Kier alpha value is -1.62. The minimum atomic E-state index is -0.435. The maximum atomic E-state index is 13.0. The number of hydrogen-bond acceptors (Lipinski definition) is 2. The number of carbonyl (C=O) groups excluding carboxylic acids is 2. The summed E-state index contributed by atoms with van der Waals surface area (Å²) < 4.78 is 13.0. The molecule has 3 rings (SSSR count). The number of hydrogen-bond donors (Lipinski definition) is 1. The van der Waals surface area contributed by atoms with E-state index < -0.39 is 5.82 Å². The molecule has 0 aromatic heterocycles. The van der Waals surface area contributed by atoms with Crippen molar-refractivity contribution in [2.24, 2.45) is 11.8 Å². The second-order valence-electron chi connectivity index (χ2n) is 5.99. The molecule has 1 saturated carbocycles. The van der Waals surface area contributed by atoms with E-state index >= 15 is 0 Å². The van der Waals surface area contributed by atoms with Crippen LogP contribution in [0.5, 0.6) is 0 Å². The first-order valence-corrected chi connectivity index (χ1v) is 7.97. The van der Waals surface area contributed by atoms with Crippen LogP contribution in [0.25, 0.3) is 0 Å². The van der Waals surface area contributed by atoms with Gasteiger partial charge in [-0.3, -0.25) is 9.59 Å². The van der Waals surface area contributed by atoms with Gasteiger partial charge in [-0.15, -0.1) is 0 Å². The normalized spacial score (nSPS) is 19.1. The van der Waals surface area contributed by atoms with Crippen molar-refractivity contribution >= 4 is 29.1 Å². The largest absolute Gasteiger partial charge is 0.342 e. The molecule has 2 fully saturated rings. The predicted octanol–water partition coefficient (Wildman–Crippen LogP) is 3.07. The van der Waals surface area contributed by atoms with Crippen molar-refractivity contribution in [1.29, 1.82) is 0 Å². The average Bonchev–Trinajstić information content (AvgIpc) is 3.34. The summed E-state index contributed by atoms with van der Waals surface area (Å²) >= 11 is 5.91. The quantitative estimate of drug-likeness (QED) is 0.929. The fraction of sp³-hybridized carbons (Fsp3) is 0.500. The molecule has 1 aromatic rings. The van der Waals surface area contributed by atoms with Crippen LogP contribution in [0.4, 0.5) is 10.1 Å². The average molecular weight is 325 g/mol. The van der Waals surface area contributed by atoms with E-state index in [4.69, 9.17) is 11.6 Å². The van der Waals surface area contributed by atoms with Crippen LogP contribution in [-0.4, -0.2) is 29.8 Å². The van der Waals surface area contributed by atoms with Gasteiger partial charge in [-0.1, -0.05) is 11.6 Å². The first-order valence-electron chi connectivity index (χ1n) is 7.59. The molecule has 22 heavy (non-hydrogen) atoms. The number of benzene rings is 1. The fourth-order valence-corrected chi connectivity index (χ4v) is 2.99. The van der Waals surface area contributed by atoms with Crippen molar-refractivity contribution < 1.29 is 14.0 Å². The number of amides is 2. The van der Waals surface area contributed by atoms with Gasteiger partial charge in [0.15, 0.2) is 0 Å². The molecule has 0 atom stereocenters. The number of anilines is 1. The van der Waals surface area contributed by atoms with E-state index in [9.17, 15) is 14.0 Å². The van der Waals surface area contributed by atoms with Gasteiger partial charge in [0.1, 0.15) is 5.82 Å². The molecule has 1 saturated heterocycles. The molecule has 1 aliphatic heterocycles. The summed E-state index contributed by atoms with van der Waals surface area (Å²) in [6.07, 6.45) is 3.32. The first kappa shape index (κ1) is 15.3. The Kier molecular flexibility index (Phi) is 4.34. The molecular formula is C16H18ClFN2O2. The molecule has 2 aliphatic rings. The van der Waals surface area contributed by atoms with Crippen molar-refractivity contribution in [3.63, 3.8) is 0 Å². The smallest absolute Gasteiger partial charge is 0.227 e. The van der Waals surface area contributed by atoms with Gasteiger partial charge in [0.2, 0.25) is 11.8 Å². The highest BCUT2D eigenvalue weighted by Crippen LogP contribution is 2.32. The summed E-state index contributed by atoms with van der Waals surface area (Å²) in [5, 5.41) is 2.93. The minimum Gasteiger partial charge on any atom is -0.342 e. The van der Waals surface area contributed by atoms with E-state index in [2.05, 4.69) is 5.32 Å². The number of likely N-dealkylation sites (tertiary alicyclic amines) is 1. The van der Waals surface area contributed by atoms with Crippen LogP contribution in [-0.2, 0) is 9.59 Å². The van der Waals surface area contributed by atoms with Crippen LogP contribution in [0.15, 0.2) is 18.2 Å². The maximum Gasteiger partial charge on any atom is 0.227 e. The van der Waals surface area contributed by atoms with Crippen molar-refractivity contribution in [2.75, 3.05) is 18.4 Å². The van der Waals surface area contributed by atoms with Crippen LogP contribution >= 0.6 is 11.6 Å². The number of piperidine rings is 1. The lowest BCUT2D eigenvalue weighted by molar-refractivity contribution is -0.135. The number of nitrogens with zero attached hydrogens (tertiary/aromatic N) is 1. The summed E-state index contributed by atoms with van der Waals surface area (Å²) in [4.78, 5) is 26.1. The second kappa shape index (κ2) is 6.24. The third kappa shape index (κ3) is 3.40. The molecule has 1 N–H and O–H groups in total. The molecule has 118 valence electrons. The molecule has 0 bridgehead atoms. The lowest BCUT2D eigenvalue weighted by Crippen LogP contribution is -2.42. The first-order chi connectivity index (χ1) is 10.5. The third-order valence-electron chi connectivity index (χ3n) is 4.29. The second-order valence-corrected chi connectivity index (χ2v) is 6.39. The van der Waals surface area contributed by atoms with E-state index in [0.29, 0.717) is 31.6 Å². The summed E-state index contributed by atoms with van der Waals surface area (Å²) in [6.45, 7) is 1.26. The zero-order valence-corrected chi connectivity index (χ0v) is 12.9. The maximum absolute atomic E-state index is 13.0. The van der Waals surface area contributed by atoms with E-state index in [1.807, 2.05) is 4.90 Å². The number of halogens is 2. The van der Waals surface area contributed by atoms with Gasteiger partial charge in [-0.2, -0.15) is 0 Å². The van der Waals surface area contributed by atoms with Gasteiger partial charge in [0.25, 0.3) is 0 Å². The Morgan fingerprint density at radius 3 is 2.41 bits per heavy atom. The van der Waals surface area contributed by atoms with Gasteiger partial charge in [-0.05, 0) is 43.9 Å². The van der Waals surface area contributed by atoms with Crippen molar-refractivity contribution in [1.82, 2.24) is 4.90 Å². The number of rotatable bonds is 3. The Labute approximate surface area is 133 Å². The van der Waals surface area contributed by atoms with E-state index in [1.54, 1.807) is 0 Å². The molecule has 2 amide bonds. The minimum absolute atomic E-state index is 0.118. The zero-order valence-electron chi connectivity index (χ0n) is 12.1. The SMILES string of the molecule is O=C(Nc1ccc(F)cc1Cl)C1CCN(C(=O)C2CC2)CC1. The molecular weight excluding hydrogens is 307 g/mol. The lowest BCUT2D eigenvalue weighted by atomic mass is 9.95. The highest BCUT2D eigenvalue weighted by Gasteiger charge is 2.36. The summed E-state index contributed by atoms with van der Waals surface area (Å²) in [7, 11) is 0. The Balaban J connectivity index is 1.54. The summed E-state index contributed by atoms with van der Waals surface area (Å²) in [6, 6.07) is 3.90. The highest BCUT2D eigenvalue weighted by atomic mass is 35.5. The lowest BCUT2D eigenvalue weighted by Gasteiger charge is -2.31. The fourth-order valence-electron chi connectivity index (χ4n) is 2.78. The topological polar surface area (TPSA) is 49.4 Å². The molecule has 6 heteroatoms. The molecule has 0 radical (unpaired) electrons. The molecule has 0 unspecified atom stereocenters. The number of nitrogens with one attached hydrogen (secondary N) is 1. The molecule has 1 heterocycles. The monoisotopic (exact) mass is 324 g/mol. The van der Waals surface area contributed by atoms with Crippen LogP contribution in [0, 0.1) is 17.7 Å². The van der Waals surface area contributed by atoms with Crippen LogP contribution in [0.2, 0.25) is 5.02 Å². The number of carbonyl (C=O) groups is 2. The van der Waals surface area contributed by atoms with Crippen molar-refractivity contribution in [3.8, 4) is 0 Å². The Morgan fingerprint density at radius 2 is 1.82 bits per heavy atom. The molecule has 1 aromatic carbocycles.